The largest absolute Gasteiger partial charge is 0.460 e. The van der Waals surface area contributed by atoms with Gasteiger partial charge in [-0.05, 0) is 42.7 Å². The van der Waals surface area contributed by atoms with Gasteiger partial charge in [0.2, 0.25) is 0 Å². The van der Waals surface area contributed by atoms with Crippen LogP contribution in [0.15, 0.2) is 54.6 Å². The van der Waals surface area contributed by atoms with Crippen LogP contribution in [-0.4, -0.2) is 35.4 Å². The fourth-order valence-corrected chi connectivity index (χ4v) is 3.01. The number of nitrogens with zero attached hydrogens (tertiary/aromatic N) is 1. The molecule has 1 fully saturated rings. The summed E-state index contributed by atoms with van der Waals surface area (Å²) in [6.45, 7) is 0.541. The monoisotopic (exact) mass is 419 g/mol. The summed E-state index contributed by atoms with van der Waals surface area (Å²) in [5.41, 5.74) is 1.28. The van der Waals surface area contributed by atoms with Crippen LogP contribution in [0.5, 0.6) is 0 Å². The van der Waals surface area contributed by atoms with Crippen LogP contribution in [0.3, 0.4) is 0 Å². The number of piperidine rings is 1. The van der Waals surface area contributed by atoms with E-state index in [0.29, 0.717) is 30.5 Å². The average Bonchev–Trinajstić information content (AvgIpc) is 2.73. The number of rotatable bonds is 6. The highest BCUT2D eigenvalue weighted by Crippen LogP contribution is 2.14. The van der Waals surface area contributed by atoms with Crippen molar-refractivity contribution in [1.82, 2.24) is 10.6 Å². The molecule has 3 rings (SSSR count). The van der Waals surface area contributed by atoms with Crippen LogP contribution in [0.1, 0.15) is 28.8 Å². The zero-order valence-corrected chi connectivity index (χ0v) is 16.4. The number of esters is 1. The fourth-order valence-electron chi connectivity index (χ4n) is 3.01. The highest BCUT2D eigenvalue weighted by atomic mass is 35.5. The zero-order valence-electron chi connectivity index (χ0n) is 15.6. The normalized spacial score (nSPS) is 18.2. The van der Waals surface area contributed by atoms with Crippen LogP contribution in [0.2, 0.25) is 0 Å². The number of nitrogens with one attached hydrogen (secondary N) is 2. The van der Waals surface area contributed by atoms with E-state index in [2.05, 4.69) is 10.6 Å². The van der Waals surface area contributed by atoms with Crippen molar-refractivity contribution in [3.8, 4) is 0 Å². The lowest BCUT2D eigenvalue weighted by Crippen LogP contribution is -2.52. The van der Waals surface area contributed by atoms with Crippen molar-refractivity contribution in [2.24, 2.45) is 0 Å². The number of non-ortho nitro benzene ring substituents is 1. The summed E-state index contributed by atoms with van der Waals surface area (Å²) < 4.78 is 5.29. The molecule has 0 aliphatic carbocycles. The average molecular weight is 420 g/mol. The van der Waals surface area contributed by atoms with E-state index in [1.807, 2.05) is 18.2 Å². The number of hydrogen-bond acceptors (Lipinski definition) is 6. The summed E-state index contributed by atoms with van der Waals surface area (Å²) in [5, 5.41) is 16.7. The molecular weight excluding hydrogens is 398 g/mol. The second-order valence-corrected chi connectivity index (χ2v) is 6.61. The summed E-state index contributed by atoms with van der Waals surface area (Å²) in [6, 6.07) is 14.4. The van der Waals surface area contributed by atoms with Gasteiger partial charge in [-0.15, -0.1) is 12.4 Å². The van der Waals surface area contributed by atoms with Crippen LogP contribution in [0, 0.1) is 10.1 Å². The second kappa shape index (κ2) is 10.5. The molecule has 2 atom stereocenters. The Labute approximate surface area is 174 Å². The first kappa shape index (κ1) is 22.3. The Morgan fingerprint density at radius 1 is 1.10 bits per heavy atom. The van der Waals surface area contributed by atoms with Crippen LogP contribution in [-0.2, 0) is 16.1 Å². The molecule has 0 radical (unpaired) electrons. The Kier molecular flexibility index (Phi) is 8.11. The lowest BCUT2D eigenvalue weighted by Gasteiger charge is -2.29. The van der Waals surface area contributed by atoms with Gasteiger partial charge in [-0.1, -0.05) is 18.2 Å². The number of benzene rings is 2. The highest BCUT2D eigenvalue weighted by molar-refractivity contribution is 5.94. The quantitative estimate of drug-likeness (QED) is 0.423. The standard InChI is InChI=1S/C20H21N3O5.ClH/c24-19(15-4-2-1-3-5-15)22-16-8-11-18(21-12-16)20(25)28-13-14-6-9-17(10-7-14)23(26)27;/h1-7,9-10,16,18,21H,8,11-13H2,(H,22,24);1H/t16-,18+;/m1./s1. The summed E-state index contributed by atoms with van der Waals surface area (Å²) in [6.07, 6.45) is 1.22. The third-order valence-corrected chi connectivity index (χ3v) is 4.60. The maximum absolute atomic E-state index is 12.2. The van der Waals surface area contributed by atoms with E-state index >= 15 is 0 Å². The van der Waals surface area contributed by atoms with E-state index in [9.17, 15) is 19.7 Å². The van der Waals surface area contributed by atoms with E-state index < -0.39 is 11.0 Å². The first-order chi connectivity index (χ1) is 13.5. The first-order valence-corrected chi connectivity index (χ1v) is 9.02. The van der Waals surface area contributed by atoms with E-state index in [1.54, 1.807) is 24.3 Å². The predicted molar refractivity (Wildman–Crippen MR) is 109 cm³/mol. The number of amides is 1. The maximum Gasteiger partial charge on any atom is 0.323 e. The molecule has 1 aliphatic rings. The van der Waals surface area contributed by atoms with E-state index in [0.717, 1.165) is 0 Å². The van der Waals surface area contributed by atoms with Gasteiger partial charge >= 0.3 is 5.97 Å². The van der Waals surface area contributed by atoms with E-state index in [4.69, 9.17) is 4.74 Å². The molecule has 29 heavy (non-hydrogen) atoms. The van der Waals surface area contributed by atoms with Crippen LogP contribution < -0.4 is 10.6 Å². The van der Waals surface area contributed by atoms with Crippen molar-refractivity contribution in [2.45, 2.75) is 31.5 Å². The van der Waals surface area contributed by atoms with Gasteiger partial charge in [0, 0.05) is 30.3 Å². The molecule has 2 aromatic rings. The minimum absolute atomic E-state index is 0. The minimum atomic E-state index is -0.477. The summed E-state index contributed by atoms with van der Waals surface area (Å²) >= 11 is 0. The molecule has 9 heteroatoms. The highest BCUT2D eigenvalue weighted by Gasteiger charge is 2.27. The number of nitro groups is 1. The van der Waals surface area contributed by atoms with Crippen molar-refractivity contribution >= 4 is 30.0 Å². The Morgan fingerprint density at radius 3 is 2.38 bits per heavy atom. The smallest absolute Gasteiger partial charge is 0.323 e. The van der Waals surface area contributed by atoms with Gasteiger partial charge in [0.1, 0.15) is 12.6 Å². The molecular formula is C20H22ClN3O5. The molecule has 154 valence electrons. The Bertz CT molecular complexity index is 837. The molecule has 2 N–H and O–H groups in total. The molecule has 1 aliphatic heterocycles. The first-order valence-electron chi connectivity index (χ1n) is 9.02. The van der Waals surface area contributed by atoms with Crippen molar-refractivity contribution < 1.29 is 19.2 Å². The third-order valence-electron chi connectivity index (χ3n) is 4.60. The zero-order chi connectivity index (χ0) is 19.9. The molecule has 0 saturated carbocycles. The van der Waals surface area contributed by atoms with Gasteiger partial charge in [-0.25, -0.2) is 0 Å². The fraction of sp³-hybridized carbons (Fsp3) is 0.300. The number of nitro benzene ring substituents is 1. The van der Waals surface area contributed by atoms with Crippen LogP contribution in [0.4, 0.5) is 5.69 Å². The Hall–Kier alpha value is -2.97. The second-order valence-electron chi connectivity index (χ2n) is 6.61. The van der Waals surface area contributed by atoms with E-state index in [1.165, 1.54) is 12.1 Å². The molecule has 1 heterocycles. The molecule has 1 amide bonds. The summed E-state index contributed by atoms with van der Waals surface area (Å²) in [4.78, 5) is 34.6. The SMILES string of the molecule is Cl.O=C(N[C@@H]1CC[C@@H](C(=O)OCc2ccc([N+](=O)[O-])cc2)NC1)c1ccccc1. The van der Waals surface area contributed by atoms with Crippen molar-refractivity contribution in [2.75, 3.05) is 6.54 Å². The molecule has 8 nitrogen and oxygen atoms in total. The molecule has 2 aromatic carbocycles. The summed E-state index contributed by atoms with van der Waals surface area (Å²) in [5.74, 6) is -0.502. The number of carbonyl (C=O) groups is 2. The molecule has 1 saturated heterocycles. The van der Waals surface area contributed by atoms with Gasteiger partial charge in [0.05, 0.1) is 4.92 Å². The topological polar surface area (TPSA) is 111 Å². The number of carbonyl (C=O) groups excluding carboxylic acids is 2. The van der Waals surface area contributed by atoms with E-state index in [-0.39, 0.29) is 42.6 Å². The summed E-state index contributed by atoms with van der Waals surface area (Å²) in [7, 11) is 0. The van der Waals surface area contributed by atoms with Gasteiger partial charge in [0.15, 0.2) is 0 Å². The Morgan fingerprint density at radius 2 is 1.79 bits per heavy atom. The van der Waals surface area contributed by atoms with Crippen molar-refractivity contribution in [3.05, 3.63) is 75.8 Å². The van der Waals surface area contributed by atoms with Crippen LogP contribution >= 0.6 is 12.4 Å². The molecule has 0 aromatic heterocycles. The van der Waals surface area contributed by atoms with Crippen LogP contribution in [0.25, 0.3) is 0 Å². The predicted octanol–water partition coefficient (Wildman–Crippen LogP) is 2.61. The number of ether oxygens (including phenoxy) is 1. The van der Waals surface area contributed by atoms with Gasteiger partial charge in [-0.3, -0.25) is 19.7 Å². The van der Waals surface area contributed by atoms with Crippen molar-refractivity contribution in [3.63, 3.8) is 0 Å². The minimum Gasteiger partial charge on any atom is -0.460 e. The van der Waals surface area contributed by atoms with Gasteiger partial charge in [0.25, 0.3) is 11.6 Å². The number of hydrogen-bond donors (Lipinski definition) is 2. The van der Waals surface area contributed by atoms with Gasteiger partial charge in [-0.2, -0.15) is 0 Å². The molecule has 0 bridgehead atoms. The maximum atomic E-state index is 12.2. The lowest BCUT2D eigenvalue weighted by molar-refractivity contribution is -0.384. The Balaban J connectivity index is 0.00000300. The van der Waals surface area contributed by atoms with Gasteiger partial charge < -0.3 is 15.4 Å². The number of halogens is 1. The third kappa shape index (κ3) is 6.27. The van der Waals surface area contributed by atoms with Crippen molar-refractivity contribution in [1.29, 1.82) is 0 Å². The lowest BCUT2D eigenvalue weighted by atomic mass is 10.0. The molecule has 0 spiro atoms. The molecule has 0 unspecified atom stereocenters.